The maximum absolute atomic E-state index is 12.1. The molecule has 0 heterocycles. The van der Waals surface area contributed by atoms with Gasteiger partial charge in [0.15, 0.2) is 6.61 Å². The van der Waals surface area contributed by atoms with Crippen molar-refractivity contribution in [3.8, 4) is 5.75 Å². The maximum Gasteiger partial charge on any atom is 0.325 e. The minimum Gasteiger partial charge on any atom is -0.497 e. The average molecular weight is 427 g/mol. The van der Waals surface area contributed by atoms with Crippen LogP contribution in [0.15, 0.2) is 48.5 Å². The number of amides is 2. The highest BCUT2D eigenvalue weighted by Crippen LogP contribution is 2.15. The predicted octanol–water partition coefficient (Wildman–Crippen LogP) is 3.04. The van der Waals surface area contributed by atoms with Gasteiger partial charge < -0.3 is 20.1 Å². The Bertz CT molecular complexity index is 893. The largest absolute Gasteiger partial charge is 0.497 e. The molecule has 0 aliphatic carbocycles. The molecule has 0 saturated heterocycles. The van der Waals surface area contributed by atoms with Crippen molar-refractivity contribution in [1.82, 2.24) is 10.6 Å². The lowest BCUT2D eigenvalue weighted by Crippen LogP contribution is -2.34. The second kappa shape index (κ2) is 11.7. The summed E-state index contributed by atoms with van der Waals surface area (Å²) in [6.07, 6.45) is 1.01. The van der Waals surface area contributed by atoms with E-state index in [2.05, 4.69) is 36.6 Å². The first-order chi connectivity index (χ1) is 14.8. The van der Waals surface area contributed by atoms with Crippen molar-refractivity contribution in [2.75, 3.05) is 20.3 Å². The van der Waals surface area contributed by atoms with E-state index in [0.29, 0.717) is 17.2 Å². The van der Waals surface area contributed by atoms with Crippen molar-refractivity contribution >= 4 is 17.8 Å². The number of carbonyl (C=O) groups is 3. The molecule has 0 fully saturated rings. The zero-order valence-electron chi connectivity index (χ0n) is 18.4. The smallest absolute Gasteiger partial charge is 0.325 e. The molecule has 166 valence electrons. The van der Waals surface area contributed by atoms with Crippen molar-refractivity contribution in [3.63, 3.8) is 0 Å². The fourth-order valence-electron chi connectivity index (χ4n) is 3.00. The quantitative estimate of drug-likeness (QED) is 0.570. The lowest BCUT2D eigenvalue weighted by Gasteiger charge is -2.15. The molecular formula is C24H30N2O5. The summed E-state index contributed by atoms with van der Waals surface area (Å²) in [6.45, 7) is 5.45. The molecule has 0 aliphatic heterocycles. The first-order valence-corrected chi connectivity index (χ1v) is 10.2. The summed E-state index contributed by atoms with van der Waals surface area (Å²) in [6, 6.07) is 14.4. The summed E-state index contributed by atoms with van der Waals surface area (Å²) in [5.41, 5.74) is 2.58. The fraction of sp³-hybridized carbons (Fsp3) is 0.375. The number of hydrogen-bond donors (Lipinski definition) is 2. The lowest BCUT2D eigenvalue weighted by molar-refractivity contribution is -0.147. The van der Waals surface area contributed by atoms with E-state index in [-0.39, 0.29) is 12.6 Å². The number of benzene rings is 2. The van der Waals surface area contributed by atoms with E-state index >= 15 is 0 Å². The molecule has 0 spiro atoms. The van der Waals surface area contributed by atoms with Gasteiger partial charge in [0.25, 0.3) is 11.8 Å². The summed E-state index contributed by atoms with van der Waals surface area (Å²) >= 11 is 0. The van der Waals surface area contributed by atoms with Crippen LogP contribution < -0.4 is 15.4 Å². The van der Waals surface area contributed by atoms with E-state index in [1.54, 1.807) is 24.3 Å². The number of ether oxygens (including phenoxy) is 2. The highest BCUT2D eigenvalue weighted by atomic mass is 16.5. The van der Waals surface area contributed by atoms with Crippen LogP contribution in [0.5, 0.6) is 5.75 Å². The molecule has 2 N–H and O–H groups in total. The van der Waals surface area contributed by atoms with Crippen LogP contribution in [0, 0.1) is 5.92 Å². The molecule has 2 rings (SSSR count). The number of rotatable bonds is 10. The third-order valence-electron chi connectivity index (χ3n) is 4.59. The normalized spacial score (nSPS) is 11.5. The number of nitrogens with one attached hydrogen (secondary N) is 2. The van der Waals surface area contributed by atoms with Gasteiger partial charge in [-0.3, -0.25) is 14.4 Å². The molecule has 0 unspecified atom stereocenters. The lowest BCUT2D eigenvalue weighted by atomic mass is 10.00. The van der Waals surface area contributed by atoms with Gasteiger partial charge in [-0.2, -0.15) is 0 Å². The standard InChI is InChI=1S/C24H30N2O5/c1-16(2)12-18-8-10-19(11-9-18)17(3)26-22(27)15-31-23(28)14-25-24(29)20-6-5-7-21(13-20)30-4/h5-11,13,16-17H,12,14-15H2,1-4H3,(H,25,29)(H,26,27)/t17-/m0/s1. The summed E-state index contributed by atoms with van der Waals surface area (Å²) in [5, 5.41) is 5.26. The van der Waals surface area contributed by atoms with E-state index in [0.717, 1.165) is 12.0 Å². The molecule has 7 nitrogen and oxygen atoms in total. The Hall–Kier alpha value is -3.35. The third-order valence-corrected chi connectivity index (χ3v) is 4.59. The van der Waals surface area contributed by atoms with Gasteiger partial charge in [0, 0.05) is 5.56 Å². The molecule has 31 heavy (non-hydrogen) atoms. The van der Waals surface area contributed by atoms with Gasteiger partial charge in [-0.25, -0.2) is 0 Å². The van der Waals surface area contributed by atoms with Crippen molar-refractivity contribution in [2.24, 2.45) is 5.92 Å². The Labute approximate surface area is 183 Å². The third kappa shape index (κ3) is 8.12. The predicted molar refractivity (Wildman–Crippen MR) is 118 cm³/mol. The van der Waals surface area contributed by atoms with Gasteiger partial charge in [-0.15, -0.1) is 0 Å². The van der Waals surface area contributed by atoms with Gasteiger partial charge in [0.1, 0.15) is 12.3 Å². The van der Waals surface area contributed by atoms with Gasteiger partial charge in [-0.1, -0.05) is 44.2 Å². The molecule has 2 amide bonds. The Morgan fingerprint density at radius 3 is 2.35 bits per heavy atom. The minimum atomic E-state index is -0.697. The summed E-state index contributed by atoms with van der Waals surface area (Å²) in [5.74, 6) is -0.424. The summed E-state index contributed by atoms with van der Waals surface area (Å²) < 4.78 is 10.0. The molecule has 2 aromatic rings. The Balaban J connectivity index is 1.73. The molecule has 0 aliphatic rings. The highest BCUT2D eigenvalue weighted by molar-refractivity contribution is 5.96. The van der Waals surface area contributed by atoms with E-state index in [4.69, 9.17) is 9.47 Å². The number of hydrogen-bond acceptors (Lipinski definition) is 5. The number of carbonyl (C=O) groups excluding carboxylic acids is 3. The fourth-order valence-corrected chi connectivity index (χ4v) is 3.00. The van der Waals surface area contributed by atoms with E-state index in [9.17, 15) is 14.4 Å². The van der Waals surface area contributed by atoms with Gasteiger partial charge in [0.2, 0.25) is 0 Å². The topological polar surface area (TPSA) is 93.7 Å². The molecule has 2 aromatic carbocycles. The van der Waals surface area contributed by atoms with E-state index < -0.39 is 24.4 Å². The number of methoxy groups -OCH3 is 1. The highest BCUT2D eigenvalue weighted by Gasteiger charge is 2.14. The average Bonchev–Trinajstić information content (AvgIpc) is 2.76. The van der Waals surface area contributed by atoms with Gasteiger partial charge in [-0.05, 0) is 48.6 Å². The SMILES string of the molecule is COc1cccc(C(=O)NCC(=O)OCC(=O)N[C@@H](C)c2ccc(CC(C)C)cc2)c1. The minimum absolute atomic E-state index is 0.216. The van der Waals surface area contributed by atoms with Crippen LogP contribution in [0.3, 0.4) is 0 Å². The zero-order valence-corrected chi connectivity index (χ0v) is 18.4. The molecule has 1 atom stereocenters. The first kappa shape index (κ1) is 23.9. The zero-order chi connectivity index (χ0) is 22.8. The van der Waals surface area contributed by atoms with Crippen LogP contribution in [-0.4, -0.2) is 38.0 Å². The van der Waals surface area contributed by atoms with Crippen LogP contribution in [0.25, 0.3) is 0 Å². The second-order valence-corrected chi connectivity index (χ2v) is 7.70. The van der Waals surface area contributed by atoms with E-state index in [1.165, 1.54) is 12.7 Å². The molecule has 0 aromatic heterocycles. The van der Waals surface area contributed by atoms with Gasteiger partial charge in [0.05, 0.1) is 13.2 Å². The van der Waals surface area contributed by atoms with Crippen molar-refractivity contribution in [3.05, 3.63) is 65.2 Å². The molecule has 0 bridgehead atoms. The Morgan fingerprint density at radius 2 is 1.71 bits per heavy atom. The molecular weight excluding hydrogens is 396 g/mol. The first-order valence-electron chi connectivity index (χ1n) is 10.2. The number of esters is 1. The van der Waals surface area contributed by atoms with Crippen molar-refractivity contribution in [2.45, 2.75) is 33.2 Å². The van der Waals surface area contributed by atoms with Crippen LogP contribution in [0.4, 0.5) is 0 Å². The van der Waals surface area contributed by atoms with E-state index in [1.807, 2.05) is 19.1 Å². The molecule has 0 saturated carbocycles. The Morgan fingerprint density at radius 1 is 1.00 bits per heavy atom. The van der Waals surface area contributed by atoms with Crippen LogP contribution >= 0.6 is 0 Å². The van der Waals surface area contributed by atoms with Crippen LogP contribution in [0.2, 0.25) is 0 Å². The molecule has 7 heteroatoms. The molecule has 0 radical (unpaired) electrons. The van der Waals surface area contributed by atoms with Crippen molar-refractivity contribution < 1.29 is 23.9 Å². The van der Waals surface area contributed by atoms with Crippen LogP contribution in [-0.2, 0) is 20.7 Å². The maximum atomic E-state index is 12.1. The summed E-state index contributed by atoms with van der Waals surface area (Å²) in [4.78, 5) is 36.0. The Kier molecular flexibility index (Phi) is 9.06. The van der Waals surface area contributed by atoms with Gasteiger partial charge >= 0.3 is 5.97 Å². The monoisotopic (exact) mass is 426 g/mol. The summed E-state index contributed by atoms with van der Waals surface area (Å²) in [7, 11) is 1.50. The van der Waals surface area contributed by atoms with Crippen molar-refractivity contribution in [1.29, 1.82) is 0 Å². The second-order valence-electron chi connectivity index (χ2n) is 7.70. The van der Waals surface area contributed by atoms with Crippen LogP contribution in [0.1, 0.15) is 48.3 Å².